The van der Waals surface area contributed by atoms with Crippen LogP contribution in [-0.2, 0) is 10.2 Å². The van der Waals surface area contributed by atoms with Gasteiger partial charge in [0, 0.05) is 6.07 Å². The second kappa shape index (κ2) is 5.03. The van der Waals surface area contributed by atoms with Gasteiger partial charge in [-0.15, -0.1) is 0 Å². The van der Waals surface area contributed by atoms with Gasteiger partial charge in [-0.3, -0.25) is 14.9 Å². The van der Waals surface area contributed by atoms with Crippen LogP contribution in [0.2, 0.25) is 0 Å². The van der Waals surface area contributed by atoms with Crippen LogP contribution in [0.5, 0.6) is 0 Å². The minimum Gasteiger partial charge on any atom is -0.481 e. The lowest BCUT2D eigenvalue weighted by Crippen LogP contribution is -2.35. The molecule has 0 radical (unpaired) electrons. The molecule has 0 aliphatic rings. The van der Waals surface area contributed by atoms with Gasteiger partial charge in [0.25, 0.3) is 5.69 Å². The summed E-state index contributed by atoms with van der Waals surface area (Å²) in [4.78, 5) is 21.7. The third kappa shape index (κ3) is 2.01. The number of carbonyl (C=O) groups is 1. The molecule has 3 N–H and O–H groups in total. The first-order valence-electron chi connectivity index (χ1n) is 5.67. The highest BCUT2D eigenvalue weighted by Gasteiger charge is 2.39. The van der Waals surface area contributed by atoms with Gasteiger partial charge in [0.05, 0.1) is 10.3 Å². The van der Waals surface area contributed by atoms with Crippen molar-refractivity contribution < 1.29 is 14.8 Å². The molecule has 18 heavy (non-hydrogen) atoms. The maximum atomic E-state index is 11.5. The van der Waals surface area contributed by atoms with Crippen LogP contribution in [-0.4, -0.2) is 16.0 Å². The number of rotatable bonds is 5. The average molecular weight is 252 g/mol. The summed E-state index contributed by atoms with van der Waals surface area (Å²) in [6.45, 7) is 3.46. The first kappa shape index (κ1) is 14.0. The molecule has 0 atom stereocenters. The summed E-state index contributed by atoms with van der Waals surface area (Å²) >= 11 is 0. The quantitative estimate of drug-likeness (QED) is 0.475. The normalized spacial score (nSPS) is 11.2. The Hall–Kier alpha value is -2.11. The zero-order valence-corrected chi connectivity index (χ0v) is 10.3. The molecule has 6 nitrogen and oxygen atoms in total. The van der Waals surface area contributed by atoms with Crippen molar-refractivity contribution in [1.82, 2.24) is 0 Å². The lowest BCUT2D eigenvalue weighted by Gasteiger charge is -2.28. The van der Waals surface area contributed by atoms with Crippen LogP contribution in [0.1, 0.15) is 32.3 Å². The number of nitrogens with two attached hydrogens (primary N) is 1. The van der Waals surface area contributed by atoms with Crippen molar-refractivity contribution in [2.75, 3.05) is 5.73 Å². The minimum absolute atomic E-state index is 0.0615. The molecule has 0 saturated carbocycles. The zero-order valence-electron chi connectivity index (χ0n) is 10.3. The monoisotopic (exact) mass is 252 g/mol. The lowest BCUT2D eigenvalue weighted by molar-refractivity contribution is -0.384. The summed E-state index contributed by atoms with van der Waals surface area (Å²) < 4.78 is 0. The number of hydrogen-bond acceptors (Lipinski definition) is 4. The molecule has 1 aromatic carbocycles. The van der Waals surface area contributed by atoms with Crippen molar-refractivity contribution in [3.8, 4) is 0 Å². The van der Waals surface area contributed by atoms with E-state index in [4.69, 9.17) is 5.73 Å². The topological polar surface area (TPSA) is 106 Å². The van der Waals surface area contributed by atoms with Crippen LogP contribution >= 0.6 is 0 Å². The molecule has 1 aromatic rings. The molecule has 0 heterocycles. The van der Waals surface area contributed by atoms with Crippen LogP contribution in [0, 0.1) is 10.1 Å². The number of aliphatic carboxylic acids is 1. The van der Waals surface area contributed by atoms with E-state index in [1.54, 1.807) is 19.9 Å². The van der Waals surface area contributed by atoms with E-state index in [-0.39, 0.29) is 11.4 Å². The van der Waals surface area contributed by atoms with Gasteiger partial charge in [-0.25, -0.2) is 0 Å². The molecule has 6 heteroatoms. The fourth-order valence-corrected chi connectivity index (χ4v) is 2.18. The van der Waals surface area contributed by atoms with Gasteiger partial charge in [0.1, 0.15) is 5.69 Å². The van der Waals surface area contributed by atoms with Gasteiger partial charge < -0.3 is 10.8 Å². The first-order valence-corrected chi connectivity index (χ1v) is 5.67. The van der Waals surface area contributed by atoms with Crippen LogP contribution < -0.4 is 5.73 Å². The molecular formula is C12H16N2O4. The van der Waals surface area contributed by atoms with E-state index in [2.05, 4.69) is 0 Å². The van der Waals surface area contributed by atoms with Gasteiger partial charge in [-0.05, 0) is 18.4 Å². The van der Waals surface area contributed by atoms with Gasteiger partial charge in [0.2, 0.25) is 0 Å². The number of nitrogen functional groups attached to an aromatic ring is 1. The van der Waals surface area contributed by atoms with Crippen molar-refractivity contribution in [1.29, 1.82) is 0 Å². The van der Waals surface area contributed by atoms with Gasteiger partial charge in [-0.1, -0.05) is 26.0 Å². The van der Waals surface area contributed by atoms with Gasteiger partial charge in [0.15, 0.2) is 0 Å². The summed E-state index contributed by atoms with van der Waals surface area (Å²) in [5.74, 6) is -1.01. The molecule has 0 amide bonds. The Morgan fingerprint density at radius 2 is 2.00 bits per heavy atom. The maximum absolute atomic E-state index is 11.5. The molecule has 1 rings (SSSR count). The summed E-state index contributed by atoms with van der Waals surface area (Å²) in [7, 11) is 0. The number of benzene rings is 1. The number of nitro groups is 1. The molecule has 0 aliphatic heterocycles. The number of anilines is 1. The number of nitro benzene ring substituents is 1. The highest BCUT2D eigenvalue weighted by molar-refractivity contribution is 5.85. The van der Waals surface area contributed by atoms with Crippen LogP contribution in [0.4, 0.5) is 11.4 Å². The number of carboxylic acids is 1. The average Bonchev–Trinajstić information content (AvgIpc) is 2.32. The molecule has 0 unspecified atom stereocenters. The Labute approximate surface area is 105 Å². The van der Waals surface area contributed by atoms with Crippen LogP contribution in [0.15, 0.2) is 18.2 Å². The Morgan fingerprint density at radius 1 is 1.44 bits per heavy atom. The van der Waals surface area contributed by atoms with Crippen molar-refractivity contribution in [3.05, 3.63) is 33.9 Å². The summed E-state index contributed by atoms with van der Waals surface area (Å²) in [5, 5.41) is 20.2. The maximum Gasteiger partial charge on any atom is 0.314 e. The third-order valence-electron chi connectivity index (χ3n) is 3.41. The summed E-state index contributed by atoms with van der Waals surface area (Å²) in [6, 6.07) is 4.28. The van der Waals surface area contributed by atoms with E-state index < -0.39 is 16.3 Å². The first-order chi connectivity index (χ1) is 8.40. The van der Waals surface area contributed by atoms with Crippen molar-refractivity contribution in [3.63, 3.8) is 0 Å². The van der Waals surface area contributed by atoms with E-state index in [1.165, 1.54) is 12.1 Å². The molecular weight excluding hydrogens is 236 g/mol. The Balaban J connectivity index is 3.53. The Kier molecular flexibility index (Phi) is 3.90. The van der Waals surface area contributed by atoms with Crippen LogP contribution in [0.3, 0.4) is 0 Å². The summed E-state index contributed by atoms with van der Waals surface area (Å²) in [5.41, 5.74) is 4.59. The number of para-hydroxylation sites is 1. The smallest absolute Gasteiger partial charge is 0.314 e. The predicted molar refractivity (Wildman–Crippen MR) is 67.4 cm³/mol. The van der Waals surface area contributed by atoms with Crippen molar-refractivity contribution in [2.24, 2.45) is 0 Å². The number of hydrogen-bond donors (Lipinski definition) is 2. The van der Waals surface area contributed by atoms with E-state index in [1.807, 2.05) is 0 Å². The van der Waals surface area contributed by atoms with Crippen molar-refractivity contribution in [2.45, 2.75) is 32.1 Å². The van der Waals surface area contributed by atoms with Gasteiger partial charge >= 0.3 is 5.97 Å². The van der Waals surface area contributed by atoms with Crippen LogP contribution in [0.25, 0.3) is 0 Å². The zero-order chi connectivity index (χ0) is 13.9. The molecule has 0 aliphatic carbocycles. The van der Waals surface area contributed by atoms with Gasteiger partial charge in [-0.2, -0.15) is 0 Å². The molecule has 0 saturated heterocycles. The minimum atomic E-state index is -1.17. The molecule has 0 aromatic heterocycles. The SMILES string of the molecule is CCC(CC)(C(=O)O)c1cccc([N+](=O)[O-])c1N. The van der Waals surface area contributed by atoms with Crippen molar-refractivity contribution >= 4 is 17.3 Å². The Morgan fingerprint density at radius 3 is 2.39 bits per heavy atom. The molecule has 98 valence electrons. The molecule has 0 fully saturated rings. The standard InChI is InChI=1S/C12H16N2O4/c1-3-12(4-2,11(15)16)8-6-5-7-9(10(8)13)14(17)18/h5-7H,3-4,13H2,1-2H3,(H,15,16). The molecule has 0 bridgehead atoms. The Bertz CT molecular complexity index is 481. The second-order valence-corrected chi connectivity index (χ2v) is 4.09. The fourth-order valence-electron chi connectivity index (χ4n) is 2.18. The third-order valence-corrected chi connectivity index (χ3v) is 3.41. The number of nitrogens with zero attached hydrogens (tertiary/aromatic N) is 1. The molecule has 0 spiro atoms. The largest absolute Gasteiger partial charge is 0.481 e. The highest BCUT2D eigenvalue weighted by Crippen LogP contribution is 2.39. The lowest BCUT2D eigenvalue weighted by atomic mass is 9.75. The highest BCUT2D eigenvalue weighted by atomic mass is 16.6. The van der Waals surface area contributed by atoms with E-state index >= 15 is 0 Å². The predicted octanol–water partition coefficient (Wildman–Crippen LogP) is 2.32. The number of carboxylic acid groups (broad SMARTS) is 1. The van der Waals surface area contributed by atoms with E-state index in [0.717, 1.165) is 0 Å². The fraction of sp³-hybridized carbons (Fsp3) is 0.417. The second-order valence-electron chi connectivity index (χ2n) is 4.09. The van der Waals surface area contributed by atoms with E-state index in [9.17, 15) is 20.0 Å². The summed E-state index contributed by atoms with van der Waals surface area (Å²) in [6.07, 6.45) is 0.647. The van der Waals surface area contributed by atoms with E-state index in [0.29, 0.717) is 18.4 Å².